The van der Waals surface area contributed by atoms with Crippen molar-refractivity contribution >= 4 is 40.7 Å². The van der Waals surface area contributed by atoms with E-state index in [1.807, 2.05) is 0 Å². The molecule has 0 bridgehead atoms. The molecule has 2 heterocycles. The van der Waals surface area contributed by atoms with Crippen molar-refractivity contribution in [2.45, 2.75) is 12.5 Å². The number of amides is 1. The Morgan fingerprint density at radius 3 is 2.71 bits per heavy atom. The number of aromatic nitrogens is 1. The maximum atomic E-state index is 11.1. The molecule has 1 amide bonds. The predicted octanol–water partition coefficient (Wildman–Crippen LogP) is 1.73. The number of hydrogen-bond donors (Lipinski definition) is 3. The van der Waals surface area contributed by atoms with E-state index in [1.54, 1.807) is 13.1 Å². The number of nitrogens with zero attached hydrogens (tertiary/aromatic N) is 1. The van der Waals surface area contributed by atoms with Gasteiger partial charge in [0.1, 0.15) is 11.6 Å². The molecular weight excluding hydrogens is 263 g/mol. The van der Waals surface area contributed by atoms with Crippen molar-refractivity contribution in [2.75, 3.05) is 24.2 Å². The van der Waals surface area contributed by atoms with Crippen LogP contribution in [0, 0.1) is 0 Å². The highest BCUT2D eigenvalue weighted by atomic mass is 35.5. The smallest absolute Gasteiger partial charge is 0.222 e. The van der Waals surface area contributed by atoms with E-state index in [2.05, 4.69) is 20.9 Å². The molecule has 2 rings (SSSR count). The monoisotopic (exact) mass is 274 g/mol. The summed E-state index contributed by atoms with van der Waals surface area (Å²) in [6, 6.07) is 1.63. The molecule has 3 N–H and O–H groups in total. The fourth-order valence-electron chi connectivity index (χ4n) is 1.64. The van der Waals surface area contributed by atoms with E-state index in [0.717, 1.165) is 0 Å². The van der Waals surface area contributed by atoms with Crippen molar-refractivity contribution in [3.05, 3.63) is 16.1 Å². The predicted molar refractivity (Wildman–Crippen MR) is 68.8 cm³/mol. The van der Waals surface area contributed by atoms with Crippen LogP contribution in [0.5, 0.6) is 0 Å². The summed E-state index contributed by atoms with van der Waals surface area (Å²) in [6.45, 7) is 0.578. The first kappa shape index (κ1) is 12.3. The molecule has 1 aromatic heterocycles. The Kier molecular flexibility index (Phi) is 3.59. The van der Waals surface area contributed by atoms with Gasteiger partial charge in [0.05, 0.1) is 16.1 Å². The van der Waals surface area contributed by atoms with Gasteiger partial charge in [-0.2, -0.15) is 0 Å². The van der Waals surface area contributed by atoms with Gasteiger partial charge in [0.25, 0.3) is 0 Å². The van der Waals surface area contributed by atoms with Crippen LogP contribution in [0.1, 0.15) is 6.42 Å². The van der Waals surface area contributed by atoms with E-state index in [0.29, 0.717) is 34.6 Å². The second-order valence-corrected chi connectivity index (χ2v) is 4.56. The third-order valence-corrected chi connectivity index (χ3v) is 3.06. The van der Waals surface area contributed by atoms with E-state index in [4.69, 9.17) is 23.2 Å². The van der Waals surface area contributed by atoms with Gasteiger partial charge in [-0.3, -0.25) is 4.79 Å². The van der Waals surface area contributed by atoms with E-state index in [1.165, 1.54) is 0 Å². The van der Waals surface area contributed by atoms with Crippen molar-refractivity contribution < 1.29 is 4.79 Å². The van der Waals surface area contributed by atoms with Crippen LogP contribution in [0.2, 0.25) is 10.0 Å². The van der Waals surface area contributed by atoms with Gasteiger partial charge in [-0.1, -0.05) is 23.2 Å². The molecule has 1 aliphatic heterocycles. The van der Waals surface area contributed by atoms with Crippen LogP contribution in [0.3, 0.4) is 0 Å². The van der Waals surface area contributed by atoms with Gasteiger partial charge in [0.2, 0.25) is 5.91 Å². The number of anilines is 2. The van der Waals surface area contributed by atoms with Gasteiger partial charge in [0.15, 0.2) is 0 Å². The normalized spacial score (nSPS) is 19.0. The third kappa shape index (κ3) is 2.73. The van der Waals surface area contributed by atoms with E-state index in [9.17, 15) is 4.79 Å². The fraction of sp³-hybridized carbons (Fsp3) is 0.400. The standard InChI is InChI=1S/C10H12Cl2N4O/c1-13-9-6(11)3-7(12)10(16-9)15-5-2-8(17)14-4-5/h3,5H,2,4H2,1H3,(H,14,17)(H2,13,15,16). The second kappa shape index (κ2) is 4.98. The molecule has 1 atom stereocenters. The van der Waals surface area contributed by atoms with Crippen LogP contribution in [0.25, 0.3) is 0 Å². The minimum Gasteiger partial charge on any atom is -0.372 e. The lowest BCUT2D eigenvalue weighted by Crippen LogP contribution is -2.23. The van der Waals surface area contributed by atoms with Gasteiger partial charge >= 0.3 is 0 Å². The number of nitrogens with one attached hydrogen (secondary N) is 3. The Morgan fingerprint density at radius 2 is 2.12 bits per heavy atom. The van der Waals surface area contributed by atoms with Gasteiger partial charge in [-0.25, -0.2) is 4.98 Å². The number of pyridine rings is 1. The Morgan fingerprint density at radius 1 is 1.41 bits per heavy atom. The summed E-state index contributed by atoms with van der Waals surface area (Å²) in [5.74, 6) is 1.11. The van der Waals surface area contributed by atoms with Crippen molar-refractivity contribution in [3.63, 3.8) is 0 Å². The lowest BCUT2D eigenvalue weighted by molar-refractivity contribution is -0.119. The maximum absolute atomic E-state index is 11.1. The maximum Gasteiger partial charge on any atom is 0.222 e. The molecule has 92 valence electrons. The number of carbonyl (C=O) groups is 1. The molecule has 5 nitrogen and oxygen atoms in total. The van der Waals surface area contributed by atoms with Crippen LogP contribution in [0.4, 0.5) is 11.6 Å². The summed E-state index contributed by atoms with van der Waals surface area (Å²) in [4.78, 5) is 15.3. The van der Waals surface area contributed by atoms with E-state index >= 15 is 0 Å². The summed E-state index contributed by atoms with van der Waals surface area (Å²) < 4.78 is 0. The molecule has 1 aromatic rings. The average molecular weight is 275 g/mol. The molecule has 0 radical (unpaired) electrons. The zero-order valence-corrected chi connectivity index (χ0v) is 10.7. The molecule has 0 aliphatic carbocycles. The lowest BCUT2D eigenvalue weighted by Gasteiger charge is -2.14. The van der Waals surface area contributed by atoms with Crippen molar-refractivity contribution in [1.82, 2.24) is 10.3 Å². The Balaban J connectivity index is 2.17. The highest BCUT2D eigenvalue weighted by Gasteiger charge is 2.22. The Bertz CT molecular complexity index is 452. The van der Waals surface area contributed by atoms with Crippen molar-refractivity contribution in [3.8, 4) is 0 Å². The van der Waals surface area contributed by atoms with Crippen LogP contribution < -0.4 is 16.0 Å². The largest absolute Gasteiger partial charge is 0.372 e. The molecule has 0 spiro atoms. The number of hydrogen-bond acceptors (Lipinski definition) is 4. The molecule has 17 heavy (non-hydrogen) atoms. The minimum atomic E-state index is 0.0124. The summed E-state index contributed by atoms with van der Waals surface area (Å²) in [5.41, 5.74) is 0. The van der Waals surface area contributed by atoms with E-state index < -0.39 is 0 Å². The van der Waals surface area contributed by atoms with Crippen LogP contribution >= 0.6 is 23.2 Å². The first-order chi connectivity index (χ1) is 8.10. The minimum absolute atomic E-state index is 0.0124. The average Bonchev–Trinajstić information content (AvgIpc) is 2.68. The quantitative estimate of drug-likeness (QED) is 0.786. The summed E-state index contributed by atoms with van der Waals surface area (Å²) >= 11 is 12.0. The molecule has 1 unspecified atom stereocenters. The highest BCUT2D eigenvalue weighted by Crippen LogP contribution is 2.29. The van der Waals surface area contributed by atoms with Gasteiger partial charge in [0, 0.05) is 20.0 Å². The lowest BCUT2D eigenvalue weighted by atomic mass is 10.2. The number of rotatable bonds is 3. The zero-order chi connectivity index (χ0) is 12.4. The molecular formula is C10H12Cl2N4O. The molecule has 0 aromatic carbocycles. The van der Waals surface area contributed by atoms with Crippen LogP contribution in [0.15, 0.2) is 6.07 Å². The summed E-state index contributed by atoms with van der Waals surface area (Å²) in [5, 5.41) is 9.62. The van der Waals surface area contributed by atoms with Crippen molar-refractivity contribution in [2.24, 2.45) is 0 Å². The molecule has 0 saturated carbocycles. The van der Waals surface area contributed by atoms with Gasteiger partial charge < -0.3 is 16.0 Å². The molecule has 1 aliphatic rings. The zero-order valence-electron chi connectivity index (χ0n) is 9.18. The second-order valence-electron chi connectivity index (χ2n) is 3.75. The van der Waals surface area contributed by atoms with Crippen LogP contribution in [-0.4, -0.2) is 30.5 Å². The highest BCUT2D eigenvalue weighted by molar-refractivity contribution is 6.37. The number of carbonyl (C=O) groups excluding carboxylic acids is 1. The fourth-order valence-corrected chi connectivity index (χ4v) is 2.15. The van der Waals surface area contributed by atoms with Crippen LogP contribution in [-0.2, 0) is 4.79 Å². The first-order valence-electron chi connectivity index (χ1n) is 5.17. The van der Waals surface area contributed by atoms with Gasteiger partial charge in [-0.05, 0) is 6.07 Å². The molecule has 1 saturated heterocycles. The first-order valence-corrected chi connectivity index (χ1v) is 5.92. The third-order valence-electron chi connectivity index (χ3n) is 2.48. The summed E-state index contributed by atoms with van der Waals surface area (Å²) in [6.07, 6.45) is 0.426. The molecule has 1 fully saturated rings. The molecule has 7 heteroatoms. The SMILES string of the molecule is CNc1nc(NC2CNC(=O)C2)c(Cl)cc1Cl. The summed E-state index contributed by atoms with van der Waals surface area (Å²) in [7, 11) is 1.73. The Hall–Kier alpha value is -1.20. The van der Waals surface area contributed by atoms with E-state index in [-0.39, 0.29) is 11.9 Å². The topological polar surface area (TPSA) is 66.1 Å². The van der Waals surface area contributed by atoms with Crippen molar-refractivity contribution in [1.29, 1.82) is 0 Å². The number of halogens is 2. The van der Waals surface area contributed by atoms with Gasteiger partial charge in [-0.15, -0.1) is 0 Å². The Labute approximate surface area is 109 Å².